The van der Waals surface area contributed by atoms with Crippen LogP contribution in [0.4, 0.5) is 0 Å². The first-order valence-electron chi connectivity index (χ1n) is 15.2. The van der Waals surface area contributed by atoms with Crippen LogP contribution in [0.2, 0.25) is 0 Å². The Hall–Kier alpha value is -3.20. The second-order valence-corrected chi connectivity index (χ2v) is 11.4. The van der Waals surface area contributed by atoms with E-state index in [1.165, 1.54) is 18.2 Å². The van der Waals surface area contributed by atoms with Crippen molar-refractivity contribution < 1.29 is 83.6 Å². The van der Waals surface area contributed by atoms with Crippen LogP contribution < -0.4 is 0 Å². The van der Waals surface area contributed by atoms with Gasteiger partial charge in [0, 0.05) is 11.5 Å². The number of hydrogen-bond acceptors (Lipinski definition) is 17. The van der Waals surface area contributed by atoms with Gasteiger partial charge in [0.1, 0.15) is 61.2 Å². The Kier molecular flexibility index (Phi) is 13.3. The van der Waals surface area contributed by atoms with Crippen molar-refractivity contribution in [2.45, 2.75) is 87.5 Å². The number of esters is 2. The summed E-state index contributed by atoms with van der Waals surface area (Å²) in [6.45, 7) is 0.335. The zero-order valence-electron chi connectivity index (χ0n) is 26.2. The van der Waals surface area contributed by atoms with E-state index >= 15 is 0 Å². The maximum absolute atomic E-state index is 13.1. The molecule has 2 fully saturated rings. The molecule has 2 saturated heterocycles. The van der Waals surface area contributed by atoms with Crippen molar-refractivity contribution in [2.75, 3.05) is 26.9 Å². The van der Waals surface area contributed by atoms with Gasteiger partial charge in [0.15, 0.2) is 12.6 Å². The highest BCUT2D eigenvalue weighted by Crippen LogP contribution is 2.36. The first-order valence-corrected chi connectivity index (χ1v) is 15.2. The summed E-state index contributed by atoms with van der Waals surface area (Å²) in [5, 5.41) is 80.8. The van der Waals surface area contributed by atoms with Crippen molar-refractivity contribution in [1.29, 1.82) is 0 Å². The van der Waals surface area contributed by atoms with Gasteiger partial charge in [0.2, 0.25) is 6.29 Å². The molecule has 1 aromatic carbocycles. The number of hydrogen-bond donors (Lipinski definition) is 8. The van der Waals surface area contributed by atoms with Gasteiger partial charge in [0.05, 0.1) is 38.6 Å². The first kappa shape index (κ1) is 37.6. The molecule has 17 heteroatoms. The lowest BCUT2D eigenvalue weighted by atomic mass is 9.86. The fraction of sp³-hybridized carbons (Fsp3) is 0.613. The number of aliphatic hydroxyl groups is 7. The van der Waals surface area contributed by atoms with Crippen LogP contribution in [0.25, 0.3) is 0 Å². The molecule has 3 aliphatic rings. The Labute approximate surface area is 275 Å². The number of carbonyl (C=O) groups is 2. The molecular weight excluding hydrogens is 644 g/mol. The van der Waals surface area contributed by atoms with Crippen LogP contribution in [-0.4, -0.2) is 147 Å². The van der Waals surface area contributed by atoms with Gasteiger partial charge >= 0.3 is 11.9 Å². The number of ether oxygens (including phenoxy) is 7. The lowest BCUT2D eigenvalue weighted by Gasteiger charge is -2.42. The molecule has 0 aromatic heterocycles. The van der Waals surface area contributed by atoms with Crippen LogP contribution in [0.1, 0.15) is 18.9 Å². The second kappa shape index (κ2) is 17.0. The molecule has 0 saturated carbocycles. The molecule has 17 nitrogen and oxygen atoms in total. The van der Waals surface area contributed by atoms with Crippen molar-refractivity contribution in [2.24, 2.45) is 5.92 Å². The fourth-order valence-corrected chi connectivity index (χ4v) is 5.47. The van der Waals surface area contributed by atoms with E-state index in [-0.39, 0.29) is 23.5 Å². The smallest absolute Gasteiger partial charge is 0.337 e. The SMILES string of the molecule is CC=C1C(CC(=O)OC[C@H]2O[C@@H](OCCc3ccc(O)cc3)[C@H](O)[C@@H](O)[C@@H]2O)C(C(=O)OC)=CO[C@H]1O[C@@H]1O[C@H](CO)[C@@H](O)[C@H](O)[C@H]1O. The van der Waals surface area contributed by atoms with Crippen LogP contribution in [0.3, 0.4) is 0 Å². The maximum Gasteiger partial charge on any atom is 0.337 e. The van der Waals surface area contributed by atoms with E-state index in [9.17, 15) is 50.4 Å². The molecule has 0 radical (unpaired) electrons. The third-order valence-electron chi connectivity index (χ3n) is 8.29. The highest BCUT2D eigenvalue weighted by molar-refractivity contribution is 5.90. The van der Waals surface area contributed by atoms with E-state index in [0.717, 1.165) is 18.9 Å². The molecule has 8 N–H and O–H groups in total. The minimum absolute atomic E-state index is 0.0483. The van der Waals surface area contributed by atoms with Crippen molar-refractivity contribution in [3.05, 3.63) is 53.3 Å². The minimum atomic E-state index is -1.75. The van der Waals surface area contributed by atoms with Crippen molar-refractivity contribution in [3.63, 3.8) is 0 Å². The van der Waals surface area contributed by atoms with E-state index in [1.54, 1.807) is 19.1 Å². The maximum atomic E-state index is 13.1. The Morgan fingerprint density at radius 1 is 0.875 bits per heavy atom. The predicted molar refractivity (Wildman–Crippen MR) is 157 cm³/mol. The number of phenolic OH excluding ortho intramolecular Hbond substituents is 1. The third-order valence-corrected chi connectivity index (χ3v) is 8.29. The average Bonchev–Trinajstić information content (AvgIpc) is 3.08. The number of aliphatic hydroxyl groups excluding tert-OH is 7. The number of aromatic hydroxyl groups is 1. The number of phenols is 1. The largest absolute Gasteiger partial charge is 0.508 e. The summed E-state index contributed by atoms with van der Waals surface area (Å²) in [4.78, 5) is 25.7. The summed E-state index contributed by atoms with van der Waals surface area (Å²) in [6, 6.07) is 6.37. The van der Waals surface area contributed by atoms with E-state index in [1.807, 2.05) is 0 Å². The molecule has 0 amide bonds. The molecule has 12 atom stereocenters. The molecule has 3 aliphatic heterocycles. The molecule has 268 valence electrons. The molecule has 48 heavy (non-hydrogen) atoms. The number of allylic oxidation sites excluding steroid dienone is 1. The van der Waals surface area contributed by atoms with Gasteiger partial charge in [-0.2, -0.15) is 0 Å². The van der Waals surface area contributed by atoms with Crippen LogP contribution in [0.15, 0.2) is 47.7 Å². The van der Waals surface area contributed by atoms with E-state index < -0.39 is 105 Å². The highest BCUT2D eigenvalue weighted by atomic mass is 16.8. The predicted octanol–water partition coefficient (Wildman–Crippen LogP) is -2.52. The highest BCUT2D eigenvalue weighted by Gasteiger charge is 2.48. The normalized spacial score (nSPS) is 36.2. The van der Waals surface area contributed by atoms with Crippen molar-refractivity contribution >= 4 is 11.9 Å². The monoisotopic (exact) mass is 686 g/mol. The van der Waals surface area contributed by atoms with Crippen molar-refractivity contribution in [1.82, 2.24) is 0 Å². The first-order chi connectivity index (χ1) is 22.9. The Morgan fingerprint density at radius 3 is 2.12 bits per heavy atom. The summed E-state index contributed by atoms with van der Waals surface area (Å²) < 4.78 is 38.0. The number of benzene rings is 1. The molecule has 4 rings (SSSR count). The second-order valence-electron chi connectivity index (χ2n) is 11.4. The Morgan fingerprint density at radius 2 is 1.50 bits per heavy atom. The van der Waals surface area contributed by atoms with Crippen LogP contribution in [0, 0.1) is 5.92 Å². The van der Waals surface area contributed by atoms with E-state index in [0.29, 0.717) is 6.42 Å². The molecule has 3 heterocycles. The van der Waals surface area contributed by atoms with Gasteiger partial charge < -0.3 is 74.0 Å². The summed E-state index contributed by atoms with van der Waals surface area (Å²) in [5.74, 6) is -2.69. The summed E-state index contributed by atoms with van der Waals surface area (Å²) in [6.07, 6.45) is -14.6. The van der Waals surface area contributed by atoms with Gasteiger partial charge in [-0.3, -0.25) is 4.79 Å². The van der Waals surface area contributed by atoms with Gasteiger partial charge in [-0.25, -0.2) is 4.79 Å². The molecule has 0 aliphatic carbocycles. The minimum Gasteiger partial charge on any atom is -0.508 e. The molecular formula is C31H42O17. The number of carbonyl (C=O) groups excluding carboxylic acids is 2. The molecule has 0 bridgehead atoms. The zero-order valence-corrected chi connectivity index (χ0v) is 26.2. The van der Waals surface area contributed by atoms with Crippen LogP contribution in [0.5, 0.6) is 5.75 Å². The number of methoxy groups -OCH3 is 1. The Bertz CT molecular complexity index is 1280. The quantitative estimate of drug-likeness (QED) is 0.0834. The summed E-state index contributed by atoms with van der Waals surface area (Å²) >= 11 is 0. The summed E-state index contributed by atoms with van der Waals surface area (Å²) in [7, 11) is 1.12. The van der Waals surface area contributed by atoms with Crippen LogP contribution in [-0.2, 0) is 49.2 Å². The van der Waals surface area contributed by atoms with Gasteiger partial charge in [-0.05, 0) is 31.0 Å². The van der Waals surface area contributed by atoms with E-state index in [4.69, 9.17) is 33.2 Å². The topological polar surface area (TPSA) is 261 Å². The van der Waals surface area contributed by atoms with Crippen LogP contribution >= 0.6 is 0 Å². The van der Waals surface area contributed by atoms with E-state index in [2.05, 4.69) is 0 Å². The summed E-state index contributed by atoms with van der Waals surface area (Å²) in [5.41, 5.74) is 0.922. The molecule has 1 unspecified atom stereocenters. The Balaban J connectivity index is 1.39. The zero-order chi connectivity index (χ0) is 35.1. The molecule has 1 aromatic rings. The lowest BCUT2D eigenvalue weighted by molar-refractivity contribution is -0.327. The van der Waals surface area contributed by atoms with Gasteiger partial charge in [0.25, 0.3) is 0 Å². The van der Waals surface area contributed by atoms with Gasteiger partial charge in [-0.1, -0.05) is 18.2 Å². The standard InChI is InChI=1S/C31H42O17/c1-3-16-17(18(28(41)42-2)12-45-29(16)48-31-27(40)24(37)22(35)19(11-32)46-31)10-21(34)44-13-20-23(36)25(38)26(39)30(47-20)43-9-8-14-4-6-15(33)7-5-14/h3-7,12,17,19-20,22-27,29-33,35-40H,8-11,13H2,1-2H3/t17?,19-,20-,22-,23-,24+,25+,26-,27-,29+,30-,31+/m1/s1. The average molecular weight is 687 g/mol. The number of rotatable bonds is 12. The van der Waals surface area contributed by atoms with Crippen molar-refractivity contribution in [3.8, 4) is 5.75 Å². The lowest BCUT2D eigenvalue weighted by Crippen LogP contribution is -2.60. The third kappa shape index (κ3) is 8.68. The van der Waals surface area contributed by atoms with Gasteiger partial charge in [-0.15, -0.1) is 0 Å². The fourth-order valence-electron chi connectivity index (χ4n) is 5.47. The molecule has 0 spiro atoms.